The van der Waals surface area contributed by atoms with E-state index in [4.69, 9.17) is 14.5 Å². The van der Waals surface area contributed by atoms with Crippen LogP contribution in [0.3, 0.4) is 0 Å². The predicted molar refractivity (Wildman–Crippen MR) is 123 cm³/mol. The van der Waals surface area contributed by atoms with Crippen molar-refractivity contribution >= 4 is 23.0 Å². The van der Waals surface area contributed by atoms with E-state index in [1.807, 2.05) is 18.2 Å². The number of benzene rings is 2. The van der Waals surface area contributed by atoms with Gasteiger partial charge < -0.3 is 14.6 Å². The summed E-state index contributed by atoms with van der Waals surface area (Å²) in [6.45, 7) is 0.150. The van der Waals surface area contributed by atoms with E-state index in [1.165, 1.54) is 22.7 Å². The van der Waals surface area contributed by atoms with Gasteiger partial charge in [-0.2, -0.15) is 0 Å². The lowest BCUT2D eigenvalue weighted by Crippen LogP contribution is -2.49. The summed E-state index contributed by atoms with van der Waals surface area (Å²) in [5.41, 5.74) is 0.481. The molecule has 170 valence electrons. The van der Waals surface area contributed by atoms with E-state index < -0.39 is 11.6 Å². The number of hydrogen-bond donors (Lipinski definition) is 1. The van der Waals surface area contributed by atoms with Gasteiger partial charge in [0, 0.05) is 24.8 Å². The molecule has 0 aromatic heterocycles. The van der Waals surface area contributed by atoms with Crippen molar-refractivity contribution in [3.63, 3.8) is 0 Å². The molecule has 2 aromatic rings. The van der Waals surface area contributed by atoms with Gasteiger partial charge in [0.05, 0.1) is 25.3 Å². The number of halogens is 1. The minimum Gasteiger partial charge on any atom is -0.497 e. The predicted octanol–water partition coefficient (Wildman–Crippen LogP) is 5.13. The van der Waals surface area contributed by atoms with E-state index in [9.17, 15) is 9.90 Å². The zero-order valence-electron chi connectivity index (χ0n) is 18.2. The average molecular weight is 459 g/mol. The van der Waals surface area contributed by atoms with Crippen molar-refractivity contribution in [1.82, 2.24) is 4.90 Å². The summed E-state index contributed by atoms with van der Waals surface area (Å²) in [6.07, 6.45) is 1.11. The number of thioether (sulfide) groups is 1. The second-order valence-electron chi connectivity index (χ2n) is 8.16. The number of ether oxygens (including phenoxy) is 2. The fraction of sp³-hybridized carbons (Fsp3) is 0.417. The van der Waals surface area contributed by atoms with Crippen LogP contribution in [-0.4, -0.2) is 47.3 Å². The summed E-state index contributed by atoms with van der Waals surface area (Å²) in [7, 11) is 3.25. The number of amides is 1. The van der Waals surface area contributed by atoms with E-state index in [1.54, 1.807) is 38.5 Å². The lowest BCUT2D eigenvalue weighted by Gasteiger charge is -2.47. The Morgan fingerprint density at radius 3 is 2.62 bits per heavy atom. The van der Waals surface area contributed by atoms with Gasteiger partial charge in [-0.1, -0.05) is 42.1 Å². The number of carbonyl (C=O) groups is 1. The minimum absolute atomic E-state index is 0.0566. The molecule has 0 radical (unpaired) electrons. The summed E-state index contributed by atoms with van der Waals surface area (Å²) in [5.74, 6) is 1.17. The van der Waals surface area contributed by atoms with Gasteiger partial charge in [0.1, 0.15) is 11.6 Å². The lowest BCUT2D eigenvalue weighted by molar-refractivity contribution is 0.0189. The molecule has 0 spiro atoms. The average Bonchev–Trinajstić information content (AvgIpc) is 2.82. The molecule has 0 unspecified atom stereocenters. The van der Waals surface area contributed by atoms with Gasteiger partial charge in [0.25, 0.3) is 0 Å². The second kappa shape index (κ2) is 9.50. The molecule has 1 saturated carbocycles. The molecule has 1 amide bonds. The van der Waals surface area contributed by atoms with E-state index in [0.717, 1.165) is 18.4 Å². The van der Waals surface area contributed by atoms with Gasteiger partial charge in [0.15, 0.2) is 5.17 Å². The van der Waals surface area contributed by atoms with Crippen LogP contribution >= 0.6 is 11.8 Å². The normalized spacial score (nSPS) is 24.9. The number of fused-ring (bicyclic) bond motifs is 1. The summed E-state index contributed by atoms with van der Waals surface area (Å²) in [6, 6.07) is 14.0. The van der Waals surface area contributed by atoms with Crippen LogP contribution in [0.2, 0.25) is 0 Å². The molecule has 1 aliphatic carbocycles. The number of methoxy groups -OCH3 is 2. The molecule has 2 aliphatic rings. The molecular weight excluding hydrogens is 431 g/mol. The van der Waals surface area contributed by atoms with Crippen molar-refractivity contribution in [1.29, 1.82) is 0 Å². The largest absolute Gasteiger partial charge is 0.497 e. The Morgan fingerprint density at radius 1 is 1.22 bits per heavy atom. The highest BCUT2D eigenvalue weighted by molar-refractivity contribution is 8.13. The SMILES string of the molecule is COc1ccc(CN(C(=O)O)C2=N[C@@]3(c4ccccc4F)C[C@H](OC)CC[C@H]3CS2)cc1. The monoisotopic (exact) mass is 458 g/mol. The van der Waals surface area contributed by atoms with Crippen LogP contribution in [-0.2, 0) is 16.8 Å². The third-order valence-corrected chi connectivity index (χ3v) is 7.53. The van der Waals surface area contributed by atoms with Crippen LogP contribution in [0.1, 0.15) is 30.4 Å². The summed E-state index contributed by atoms with van der Waals surface area (Å²) in [4.78, 5) is 18.5. The Morgan fingerprint density at radius 2 is 1.97 bits per heavy atom. The Hall–Kier alpha value is -2.58. The van der Waals surface area contributed by atoms with Gasteiger partial charge in [0.2, 0.25) is 0 Å². The molecule has 3 atom stereocenters. The zero-order chi connectivity index (χ0) is 22.7. The molecular formula is C24H27FN2O4S. The first-order valence-corrected chi connectivity index (χ1v) is 11.6. The van der Waals surface area contributed by atoms with Gasteiger partial charge in [-0.25, -0.2) is 14.2 Å². The maximum Gasteiger partial charge on any atom is 0.413 e. The van der Waals surface area contributed by atoms with Gasteiger partial charge >= 0.3 is 6.09 Å². The molecule has 0 bridgehead atoms. The van der Waals surface area contributed by atoms with Gasteiger partial charge in [-0.3, -0.25) is 4.90 Å². The smallest absolute Gasteiger partial charge is 0.413 e. The topological polar surface area (TPSA) is 71.4 Å². The van der Waals surface area contributed by atoms with Gasteiger partial charge in [-0.05, 0) is 42.5 Å². The van der Waals surface area contributed by atoms with Crippen LogP contribution in [0.15, 0.2) is 53.5 Å². The van der Waals surface area contributed by atoms with Crippen LogP contribution in [0, 0.1) is 11.7 Å². The molecule has 1 aliphatic heterocycles. The highest BCUT2D eigenvalue weighted by Gasteiger charge is 2.50. The Kier molecular flexibility index (Phi) is 6.71. The first-order valence-electron chi connectivity index (χ1n) is 10.6. The third-order valence-electron chi connectivity index (χ3n) is 6.40. The maximum absolute atomic E-state index is 15.0. The van der Waals surface area contributed by atoms with Crippen LogP contribution < -0.4 is 4.74 Å². The number of hydrogen-bond acceptors (Lipinski definition) is 5. The molecule has 0 saturated heterocycles. The highest BCUT2D eigenvalue weighted by atomic mass is 32.2. The zero-order valence-corrected chi connectivity index (χ0v) is 19.0. The summed E-state index contributed by atoms with van der Waals surface area (Å²) in [5, 5.41) is 10.4. The summed E-state index contributed by atoms with van der Waals surface area (Å²) >= 11 is 1.43. The molecule has 8 heteroatoms. The van der Waals surface area contributed by atoms with Crippen LogP contribution in [0.5, 0.6) is 5.75 Å². The summed E-state index contributed by atoms with van der Waals surface area (Å²) < 4.78 is 25.9. The molecule has 4 rings (SSSR count). The second-order valence-corrected chi connectivity index (χ2v) is 9.15. The van der Waals surface area contributed by atoms with E-state index in [0.29, 0.717) is 28.7 Å². The third kappa shape index (κ3) is 4.34. The standard InChI is InChI=1S/C24H27FN2O4S/c1-30-18-10-7-16(8-11-18)14-27(23(28)29)22-26-24(20-5-3-4-6-21(20)25)13-19(31-2)12-9-17(24)15-32-22/h3-8,10-11,17,19H,9,12-15H2,1-2H3,(H,28,29)/t17-,19+,24-/m0/s1. The number of nitrogens with zero attached hydrogens (tertiary/aromatic N) is 2. The van der Waals surface area contributed by atoms with Crippen LogP contribution in [0.25, 0.3) is 0 Å². The van der Waals surface area contributed by atoms with E-state index >= 15 is 4.39 Å². The Labute approximate surface area is 191 Å². The number of amidine groups is 1. The fourth-order valence-corrected chi connectivity index (χ4v) is 5.97. The molecule has 1 fully saturated rings. The Balaban J connectivity index is 1.75. The van der Waals surface area contributed by atoms with Crippen molar-refractivity contribution < 1.29 is 23.8 Å². The molecule has 1 N–H and O–H groups in total. The van der Waals surface area contributed by atoms with Crippen LogP contribution in [0.4, 0.5) is 9.18 Å². The molecule has 1 heterocycles. The number of rotatable bonds is 5. The Bertz CT molecular complexity index is 1000. The fourth-order valence-electron chi connectivity index (χ4n) is 4.65. The van der Waals surface area contributed by atoms with Crippen molar-refractivity contribution in [2.45, 2.75) is 37.5 Å². The number of aliphatic imine (C=N–C) groups is 1. The van der Waals surface area contributed by atoms with Crippen molar-refractivity contribution in [2.24, 2.45) is 10.9 Å². The van der Waals surface area contributed by atoms with Crippen molar-refractivity contribution in [2.75, 3.05) is 20.0 Å². The first-order chi connectivity index (χ1) is 15.5. The van der Waals surface area contributed by atoms with Crippen molar-refractivity contribution in [3.05, 3.63) is 65.5 Å². The lowest BCUT2D eigenvalue weighted by atomic mass is 9.68. The maximum atomic E-state index is 15.0. The quantitative estimate of drug-likeness (QED) is 0.673. The molecule has 32 heavy (non-hydrogen) atoms. The van der Waals surface area contributed by atoms with Gasteiger partial charge in [-0.15, -0.1) is 0 Å². The first kappa shape index (κ1) is 22.6. The highest BCUT2D eigenvalue weighted by Crippen LogP contribution is 2.51. The van der Waals surface area contributed by atoms with Crippen molar-refractivity contribution in [3.8, 4) is 5.75 Å². The molecule has 6 nitrogen and oxygen atoms in total. The van der Waals surface area contributed by atoms with E-state index in [2.05, 4.69) is 0 Å². The number of carboxylic acid groups (broad SMARTS) is 1. The molecule has 2 aromatic carbocycles. The minimum atomic E-state index is -1.09. The van der Waals surface area contributed by atoms with E-state index in [-0.39, 0.29) is 24.4 Å².